The minimum Gasteiger partial charge on any atom is -0.492 e. The van der Waals surface area contributed by atoms with Crippen molar-refractivity contribution in [2.24, 2.45) is 0 Å². The lowest BCUT2D eigenvalue weighted by Gasteiger charge is -2.33. The Morgan fingerprint density at radius 3 is 2.58 bits per heavy atom. The van der Waals surface area contributed by atoms with Crippen molar-refractivity contribution in [1.29, 1.82) is 0 Å². The monoisotopic (exact) mass is 719 g/mol. The zero-order valence-corrected chi connectivity index (χ0v) is 31.9. The normalized spacial score (nSPS) is 18.9. The van der Waals surface area contributed by atoms with Crippen LogP contribution in [0.4, 0.5) is 16.6 Å². The molecule has 2 N–H and O–H groups in total. The Morgan fingerprint density at radius 1 is 0.962 bits per heavy atom. The molecule has 5 aromatic rings. The van der Waals surface area contributed by atoms with E-state index in [0.29, 0.717) is 18.5 Å². The van der Waals surface area contributed by atoms with Crippen LogP contribution >= 0.6 is 0 Å². The van der Waals surface area contributed by atoms with Crippen molar-refractivity contribution >= 4 is 23.4 Å². The predicted octanol–water partition coefficient (Wildman–Crippen LogP) is 7.70. The van der Waals surface area contributed by atoms with Gasteiger partial charge in [-0.25, -0.2) is 9.48 Å². The van der Waals surface area contributed by atoms with Gasteiger partial charge in [0.2, 0.25) is 5.95 Å². The highest BCUT2D eigenvalue weighted by atomic mass is 16.5. The maximum atomic E-state index is 13.7. The highest BCUT2D eigenvalue weighted by molar-refractivity contribution is 5.89. The number of likely N-dealkylation sites (N-methyl/N-ethyl adjacent to an activating group) is 1. The number of urea groups is 1. The smallest absolute Gasteiger partial charge is 0.320 e. The van der Waals surface area contributed by atoms with Gasteiger partial charge in [0, 0.05) is 36.7 Å². The van der Waals surface area contributed by atoms with E-state index in [2.05, 4.69) is 84.4 Å². The molecule has 280 valence electrons. The topological polar surface area (TPSA) is 114 Å². The van der Waals surface area contributed by atoms with Gasteiger partial charge in [0.05, 0.1) is 23.6 Å². The number of nitrogens with one attached hydrogen (secondary N) is 2. The van der Waals surface area contributed by atoms with E-state index in [4.69, 9.17) is 14.6 Å². The van der Waals surface area contributed by atoms with Crippen molar-refractivity contribution in [2.75, 3.05) is 43.5 Å². The first-order valence-corrected chi connectivity index (χ1v) is 19.0. The number of aromatic nitrogens is 5. The third kappa shape index (κ3) is 8.12. The standard InChI is InChI=1S/C41H53N9O3/c1-7-47(6)23-24-52-30-15-12-14-29(25-30)50-38(26-36(46-50)41(3,4)5)43-39(51)42-34-19-20-35(33-17-9-8-16-32(33)34)53-31-18-21-37-44-45-40(49(37)27-31)48-22-11-10-13-28(48)2/h8-9,12,14-18,21,25-28,34-35H,7,10-11,13,19-20,22-24H2,1-6H3,(H2,42,43,51)/t28?,34-,35+/m0/s1. The Hall–Kier alpha value is -5.10. The number of rotatable bonds is 11. The Kier molecular flexibility index (Phi) is 10.6. The minimum atomic E-state index is -0.293. The molecule has 2 aliphatic rings. The number of benzene rings is 2. The number of carbonyl (C=O) groups excluding carboxylic acids is 1. The van der Waals surface area contributed by atoms with E-state index >= 15 is 0 Å². The summed E-state index contributed by atoms with van der Waals surface area (Å²) >= 11 is 0. The second-order valence-corrected chi connectivity index (χ2v) is 15.4. The van der Waals surface area contributed by atoms with Crippen molar-refractivity contribution < 1.29 is 14.3 Å². The van der Waals surface area contributed by atoms with Crippen LogP contribution in [0.3, 0.4) is 0 Å². The highest BCUT2D eigenvalue weighted by Crippen LogP contribution is 2.39. The second-order valence-electron chi connectivity index (χ2n) is 15.4. The summed E-state index contributed by atoms with van der Waals surface area (Å²) in [5.74, 6) is 2.97. The van der Waals surface area contributed by atoms with Gasteiger partial charge in [0.25, 0.3) is 0 Å². The molecule has 1 unspecified atom stereocenters. The van der Waals surface area contributed by atoms with E-state index in [9.17, 15) is 4.79 Å². The van der Waals surface area contributed by atoms with E-state index in [0.717, 1.165) is 90.9 Å². The first-order valence-electron chi connectivity index (χ1n) is 19.0. The molecule has 0 bridgehead atoms. The zero-order chi connectivity index (χ0) is 37.1. The first kappa shape index (κ1) is 36.3. The van der Waals surface area contributed by atoms with Gasteiger partial charge < -0.3 is 24.6 Å². The second kappa shape index (κ2) is 15.5. The molecular formula is C41H53N9O3. The fourth-order valence-electron chi connectivity index (χ4n) is 7.23. The van der Waals surface area contributed by atoms with Crippen LogP contribution in [0.25, 0.3) is 11.3 Å². The molecule has 1 aliphatic heterocycles. The SMILES string of the molecule is CCN(C)CCOc1cccc(-n2nc(C(C)(C)C)cc2NC(=O)N[C@H]2CC[C@@H](Oc3ccc4nnc(N5CCCCC5C)n4c3)c3ccccc32)c1. The molecule has 0 radical (unpaired) electrons. The van der Waals surface area contributed by atoms with Crippen molar-refractivity contribution in [2.45, 2.75) is 90.3 Å². The van der Waals surface area contributed by atoms with Crippen LogP contribution in [-0.2, 0) is 5.41 Å². The van der Waals surface area contributed by atoms with Gasteiger partial charge in [-0.05, 0) is 88.0 Å². The summed E-state index contributed by atoms with van der Waals surface area (Å²) in [6.07, 6.45) is 6.86. The quantitative estimate of drug-likeness (QED) is 0.143. The summed E-state index contributed by atoms with van der Waals surface area (Å²) in [7, 11) is 2.07. The molecular weight excluding hydrogens is 667 g/mol. The number of piperidine rings is 1. The van der Waals surface area contributed by atoms with Gasteiger partial charge in [0.15, 0.2) is 5.65 Å². The van der Waals surface area contributed by atoms with Crippen LogP contribution in [0.5, 0.6) is 11.5 Å². The molecule has 2 aromatic carbocycles. The summed E-state index contributed by atoms with van der Waals surface area (Å²) in [6, 6.07) is 21.9. The van der Waals surface area contributed by atoms with E-state index in [1.165, 1.54) is 6.42 Å². The average Bonchev–Trinajstić information content (AvgIpc) is 3.77. The molecule has 1 aliphatic carbocycles. The number of fused-ring (bicyclic) bond motifs is 2. The zero-order valence-electron chi connectivity index (χ0n) is 31.9. The van der Waals surface area contributed by atoms with Gasteiger partial charge in [0.1, 0.15) is 30.0 Å². The molecule has 12 heteroatoms. The number of ether oxygens (including phenoxy) is 2. The van der Waals surface area contributed by atoms with Gasteiger partial charge in [-0.3, -0.25) is 9.72 Å². The van der Waals surface area contributed by atoms with Gasteiger partial charge >= 0.3 is 6.03 Å². The molecule has 12 nitrogen and oxygen atoms in total. The lowest BCUT2D eigenvalue weighted by Crippen LogP contribution is -2.38. The largest absolute Gasteiger partial charge is 0.492 e. The molecule has 1 fully saturated rings. The van der Waals surface area contributed by atoms with E-state index in [1.807, 2.05) is 65.2 Å². The van der Waals surface area contributed by atoms with Crippen LogP contribution in [0.1, 0.15) is 95.7 Å². The molecule has 3 aromatic heterocycles. The maximum Gasteiger partial charge on any atom is 0.320 e. The third-order valence-corrected chi connectivity index (χ3v) is 10.5. The van der Waals surface area contributed by atoms with E-state index in [-0.39, 0.29) is 23.6 Å². The molecule has 4 heterocycles. The summed E-state index contributed by atoms with van der Waals surface area (Å²) in [4.78, 5) is 18.3. The number of amides is 2. The van der Waals surface area contributed by atoms with Crippen molar-refractivity contribution in [1.82, 2.24) is 34.6 Å². The van der Waals surface area contributed by atoms with Crippen LogP contribution in [0, 0.1) is 0 Å². The summed E-state index contributed by atoms with van der Waals surface area (Å²) in [6.45, 7) is 14.1. The molecule has 1 saturated heterocycles. The average molecular weight is 720 g/mol. The summed E-state index contributed by atoms with van der Waals surface area (Å²) in [5, 5.41) is 20.3. The summed E-state index contributed by atoms with van der Waals surface area (Å²) < 4.78 is 16.6. The number of anilines is 2. The fraction of sp³-hybridized carbons (Fsp3) is 0.463. The molecule has 3 atom stereocenters. The first-order chi connectivity index (χ1) is 25.6. The highest BCUT2D eigenvalue weighted by Gasteiger charge is 2.31. The number of hydrogen-bond donors (Lipinski definition) is 2. The van der Waals surface area contributed by atoms with Crippen molar-refractivity contribution in [3.63, 3.8) is 0 Å². The number of nitrogens with zero attached hydrogens (tertiary/aromatic N) is 7. The van der Waals surface area contributed by atoms with Gasteiger partial charge in [-0.1, -0.05) is 58.0 Å². The van der Waals surface area contributed by atoms with E-state index < -0.39 is 0 Å². The van der Waals surface area contributed by atoms with Crippen molar-refractivity contribution in [3.8, 4) is 17.2 Å². The Balaban J connectivity index is 1.06. The lowest BCUT2D eigenvalue weighted by atomic mass is 9.85. The van der Waals surface area contributed by atoms with Crippen LogP contribution in [-0.4, -0.2) is 74.6 Å². The fourth-order valence-corrected chi connectivity index (χ4v) is 7.23. The minimum absolute atomic E-state index is 0.161. The van der Waals surface area contributed by atoms with Crippen LogP contribution < -0.4 is 25.0 Å². The lowest BCUT2D eigenvalue weighted by molar-refractivity contribution is 0.171. The number of pyridine rings is 1. The van der Waals surface area contributed by atoms with Crippen LogP contribution in [0.15, 0.2) is 72.9 Å². The number of carbonyl (C=O) groups is 1. The molecule has 0 saturated carbocycles. The van der Waals surface area contributed by atoms with Crippen molar-refractivity contribution in [3.05, 3.63) is 89.7 Å². The summed E-state index contributed by atoms with van der Waals surface area (Å²) in [5.41, 5.74) is 4.38. The van der Waals surface area contributed by atoms with Gasteiger partial charge in [-0.2, -0.15) is 5.10 Å². The molecule has 0 spiro atoms. The third-order valence-electron chi connectivity index (χ3n) is 10.5. The molecule has 7 rings (SSSR count). The molecule has 53 heavy (non-hydrogen) atoms. The predicted molar refractivity (Wildman–Crippen MR) is 209 cm³/mol. The Bertz CT molecular complexity index is 2030. The Morgan fingerprint density at radius 2 is 1.79 bits per heavy atom. The maximum absolute atomic E-state index is 13.7. The number of hydrogen-bond acceptors (Lipinski definition) is 8. The Labute approximate surface area is 312 Å². The van der Waals surface area contributed by atoms with Gasteiger partial charge in [-0.15, -0.1) is 10.2 Å². The van der Waals surface area contributed by atoms with Crippen LogP contribution in [0.2, 0.25) is 0 Å². The molecule has 2 amide bonds. The van der Waals surface area contributed by atoms with E-state index in [1.54, 1.807) is 4.68 Å².